The smallest absolute Gasteiger partial charge is 0.471 e. The minimum Gasteiger partial charge on any atom is -0.494 e. The van der Waals surface area contributed by atoms with E-state index in [1.807, 2.05) is 0 Å². The van der Waals surface area contributed by atoms with Crippen LogP contribution in [-0.2, 0) is 11.0 Å². The number of halogens is 6. The summed E-state index contributed by atoms with van der Waals surface area (Å²) in [5.41, 5.74) is 3.70. The molecule has 148 valence electrons. The Kier molecular flexibility index (Phi) is 4.32. The Morgan fingerprint density at radius 3 is 2.46 bits per heavy atom. The molecule has 0 aromatic carbocycles. The van der Waals surface area contributed by atoms with E-state index in [0.29, 0.717) is 6.07 Å². The number of nitrogen functional groups attached to an aromatic ring is 1. The number of hydrogen-bond acceptors (Lipinski definition) is 5. The lowest BCUT2D eigenvalue weighted by atomic mass is 10.1. The van der Waals surface area contributed by atoms with Gasteiger partial charge in [-0.05, 0) is 18.2 Å². The molecule has 4 N–H and O–H groups in total. The summed E-state index contributed by atoms with van der Waals surface area (Å²) in [6.07, 6.45) is -8.05. The van der Waals surface area contributed by atoms with E-state index in [1.165, 1.54) is 17.4 Å². The Labute approximate surface area is 151 Å². The number of nitrogens with one attached hydrogen (secondary N) is 1. The van der Waals surface area contributed by atoms with Crippen molar-refractivity contribution < 1.29 is 36.2 Å². The summed E-state index contributed by atoms with van der Waals surface area (Å²) < 4.78 is 76.8. The number of carbonyl (C=O) groups is 1. The molecule has 0 radical (unpaired) electrons. The van der Waals surface area contributed by atoms with Crippen LogP contribution >= 0.6 is 0 Å². The van der Waals surface area contributed by atoms with Gasteiger partial charge in [0.2, 0.25) is 5.88 Å². The molecule has 0 aliphatic rings. The summed E-state index contributed by atoms with van der Waals surface area (Å²) in [7, 11) is 0. The Bertz CT molecular complexity index is 1070. The van der Waals surface area contributed by atoms with Gasteiger partial charge in [0, 0.05) is 17.3 Å². The standard InChI is InChI=1S/C15H9F6N5O2/c16-14(17,18)8-3-6(4-23-11(8)22)7-1-2-10-24-9(5-26(10)12(7)27)25-13(28)15(19,20)21/h1-5,27H,(H2,22,23)(H,25,28). The van der Waals surface area contributed by atoms with Crippen LogP contribution in [0.2, 0.25) is 0 Å². The molecule has 28 heavy (non-hydrogen) atoms. The fourth-order valence-corrected chi connectivity index (χ4v) is 2.37. The van der Waals surface area contributed by atoms with E-state index in [-0.39, 0.29) is 16.8 Å². The number of nitrogens with zero attached hydrogens (tertiary/aromatic N) is 3. The molecule has 0 unspecified atom stereocenters. The molecule has 0 aliphatic carbocycles. The van der Waals surface area contributed by atoms with E-state index in [1.54, 1.807) is 0 Å². The number of aromatic hydroxyl groups is 1. The minimum absolute atomic E-state index is 0.0572. The first-order valence-electron chi connectivity index (χ1n) is 7.30. The van der Waals surface area contributed by atoms with Gasteiger partial charge in [0.25, 0.3) is 0 Å². The number of pyridine rings is 2. The maximum absolute atomic E-state index is 13.0. The second-order valence-corrected chi connectivity index (χ2v) is 5.53. The molecule has 0 spiro atoms. The maximum Gasteiger partial charge on any atom is 0.471 e. The summed E-state index contributed by atoms with van der Waals surface area (Å²) >= 11 is 0. The zero-order valence-electron chi connectivity index (χ0n) is 13.4. The van der Waals surface area contributed by atoms with Crippen LogP contribution in [0.5, 0.6) is 5.88 Å². The van der Waals surface area contributed by atoms with Crippen LogP contribution in [0, 0.1) is 0 Å². The average molecular weight is 405 g/mol. The van der Waals surface area contributed by atoms with Crippen LogP contribution in [0.15, 0.2) is 30.6 Å². The van der Waals surface area contributed by atoms with E-state index in [0.717, 1.165) is 16.8 Å². The molecule has 0 fully saturated rings. The van der Waals surface area contributed by atoms with Crippen LogP contribution < -0.4 is 11.1 Å². The second kappa shape index (κ2) is 6.28. The van der Waals surface area contributed by atoms with Gasteiger partial charge in [0.05, 0.1) is 11.8 Å². The molecular weight excluding hydrogens is 396 g/mol. The number of rotatable bonds is 2. The number of anilines is 2. The van der Waals surface area contributed by atoms with Gasteiger partial charge in [0.1, 0.15) is 11.5 Å². The van der Waals surface area contributed by atoms with Crippen LogP contribution in [0.25, 0.3) is 16.8 Å². The number of aromatic nitrogens is 3. The van der Waals surface area contributed by atoms with Crippen molar-refractivity contribution in [3.63, 3.8) is 0 Å². The highest BCUT2D eigenvalue weighted by atomic mass is 19.4. The Hall–Kier alpha value is -3.51. The molecule has 7 nitrogen and oxygen atoms in total. The van der Waals surface area contributed by atoms with Gasteiger partial charge >= 0.3 is 18.3 Å². The van der Waals surface area contributed by atoms with E-state index in [4.69, 9.17) is 5.73 Å². The molecule has 0 bridgehead atoms. The molecule has 3 rings (SSSR count). The molecule has 0 saturated carbocycles. The van der Waals surface area contributed by atoms with E-state index >= 15 is 0 Å². The highest BCUT2D eigenvalue weighted by Crippen LogP contribution is 2.37. The number of imidazole rings is 1. The largest absolute Gasteiger partial charge is 0.494 e. The average Bonchev–Trinajstić information content (AvgIpc) is 2.97. The van der Waals surface area contributed by atoms with Gasteiger partial charge < -0.3 is 16.2 Å². The summed E-state index contributed by atoms with van der Waals surface area (Å²) in [5.74, 6) is -4.16. The van der Waals surface area contributed by atoms with Crippen molar-refractivity contribution in [2.45, 2.75) is 12.4 Å². The van der Waals surface area contributed by atoms with Crippen molar-refractivity contribution in [1.29, 1.82) is 0 Å². The van der Waals surface area contributed by atoms with Crippen molar-refractivity contribution in [2.75, 3.05) is 11.1 Å². The van der Waals surface area contributed by atoms with Crippen LogP contribution in [0.3, 0.4) is 0 Å². The minimum atomic E-state index is -5.15. The number of hydrogen-bond donors (Lipinski definition) is 3. The highest BCUT2D eigenvalue weighted by molar-refractivity contribution is 5.94. The first kappa shape index (κ1) is 19.3. The molecule has 0 atom stereocenters. The number of amides is 1. The first-order valence-corrected chi connectivity index (χ1v) is 7.30. The number of fused-ring (bicyclic) bond motifs is 1. The van der Waals surface area contributed by atoms with Gasteiger partial charge in [-0.3, -0.25) is 9.20 Å². The van der Waals surface area contributed by atoms with Crippen molar-refractivity contribution in [3.8, 4) is 17.0 Å². The molecule has 3 aromatic rings. The van der Waals surface area contributed by atoms with E-state index in [9.17, 15) is 36.2 Å². The normalized spacial score (nSPS) is 12.4. The maximum atomic E-state index is 13.0. The molecule has 13 heteroatoms. The van der Waals surface area contributed by atoms with Crippen molar-refractivity contribution in [1.82, 2.24) is 14.4 Å². The SMILES string of the molecule is Nc1ncc(-c2ccc3nc(NC(=O)C(F)(F)F)cn3c2O)cc1C(F)(F)F. The van der Waals surface area contributed by atoms with Gasteiger partial charge in [-0.15, -0.1) is 0 Å². The van der Waals surface area contributed by atoms with Crippen molar-refractivity contribution >= 4 is 23.2 Å². The molecule has 0 aliphatic heterocycles. The topological polar surface area (TPSA) is 106 Å². The predicted molar refractivity (Wildman–Crippen MR) is 84.2 cm³/mol. The van der Waals surface area contributed by atoms with Crippen molar-refractivity contribution in [2.24, 2.45) is 0 Å². The van der Waals surface area contributed by atoms with Crippen LogP contribution in [0.1, 0.15) is 5.56 Å². The van der Waals surface area contributed by atoms with Crippen LogP contribution in [0.4, 0.5) is 38.0 Å². The zero-order chi connectivity index (χ0) is 20.9. The quantitative estimate of drug-likeness (QED) is 0.568. The number of alkyl halides is 6. The predicted octanol–water partition coefficient (Wildman–Crippen LogP) is 3.20. The third kappa shape index (κ3) is 3.50. The summed E-state index contributed by atoms with van der Waals surface area (Å²) in [5, 5.41) is 11.8. The Morgan fingerprint density at radius 2 is 1.86 bits per heavy atom. The fraction of sp³-hybridized carbons (Fsp3) is 0.133. The highest BCUT2D eigenvalue weighted by Gasteiger charge is 2.39. The summed E-state index contributed by atoms with van der Waals surface area (Å²) in [6, 6.07) is 3.09. The lowest BCUT2D eigenvalue weighted by molar-refractivity contribution is -0.167. The number of nitrogens with two attached hydrogens (primary N) is 1. The third-order valence-electron chi connectivity index (χ3n) is 3.64. The van der Waals surface area contributed by atoms with Crippen LogP contribution in [-0.4, -0.2) is 31.6 Å². The molecule has 1 amide bonds. The lowest BCUT2D eigenvalue weighted by Crippen LogP contribution is -2.30. The molecule has 0 saturated heterocycles. The van der Waals surface area contributed by atoms with Crippen molar-refractivity contribution in [3.05, 3.63) is 36.2 Å². The monoisotopic (exact) mass is 405 g/mol. The Morgan fingerprint density at radius 1 is 1.18 bits per heavy atom. The molecule has 3 aromatic heterocycles. The lowest BCUT2D eigenvalue weighted by Gasteiger charge is -2.12. The van der Waals surface area contributed by atoms with E-state index < -0.39 is 41.3 Å². The number of carbonyl (C=O) groups excluding carboxylic acids is 1. The van der Waals surface area contributed by atoms with E-state index in [2.05, 4.69) is 9.97 Å². The fourth-order valence-electron chi connectivity index (χ4n) is 2.37. The van der Waals surface area contributed by atoms with Gasteiger partial charge in [-0.25, -0.2) is 9.97 Å². The Balaban J connectivity index is 2.05. The second-order valence-electron chi connectivity index (χ2n) is 5.53. The van der Waals surface area contributed by atoms with Gasteiger partial charge in [-0.1, -0.05) is 0 Å². The van der Waals surface area contributed by atoms with Gasteiger partial charge in [-0.2, -0.15) is 26.3 Å². The summed E-state index contributed by atoms with van der Waals surface area (Å²) in [6.45, 7) is 0. The third-order valence-corrected chi connectivity index (χ3v) is 3.64. The molecule has 3 heterocycles. The zero-order valence-corrected chi connectivity index (χ0v) is 13.4. The summed E-state index contributed by atoms with van der Waals surface area (Å²) in [4.78, 5) is 18.1. The first-order chi connectivity index (χ1) is 12.9. The molecular formula is C15H9F6N5O2. The van der Waals surface area contributed by atoms with Gasteiger partial charge in [0.15, 0.2) is 5.82 Å².